The second kappa shape index (κ2) is 3.05. The minimum absolute atomic E-state index is 1.16. The maximum Gasteiger partial charge on any atom is 0.0273 e. The Morgan fingerprint density at radius 2 is 2.25 bits per heavy atom. The molecule has 2 nitrogen and oxygen atoms in total. The number of hydrogen-bond donors (Lipinski definition) is 1. The first-order valence-corrected chi connectivity index (χ1v) is 3.42. The fourth-order valence-electron chi connectivity index (χ4n) is 0.622. The molecule has 0 aromatic carbocycles. The van der Waals surface area contributed by atoms with E-state index in [4.69, 9.17) is 0 Å². The van der Waals surface area contributed by atoms with Crippen LogP contribution in [0.25, 0.3) is 0 Å². The van der Waals surface area contributed by atoms with Crippen LogP contribution in [0.4, 0.5) is 0 Å². The van der Waals surface area contributed by atoms with Gasteiger partial charge in [0, 0.05) is 19.6 Å². The molecule has 1 rings (SSSR count). The number of nitrogens with zero attached hydrogens (tertiary/aromatic N) is 1. The number of rotatable bonds is 4. The van der Waals surface area contributed by atoms with Crippen molar-refractivity contribution in [3.05, 3.63) is 0 Å². The van der Waals surface area contributed by atoms with E-state index < -0.39 is 0 Å². The van der Waals surface area contributed by atoms with Crippen molar-refractivity contribution in [2.45, 2.75) is 19.8 Å². The molecule has 0 aliphatic carbocycles. The highest BCUT2D eigenvalue weighted by Crippen LogP contribution is 1.96. The lowest BCUT2D eigenvalue weighted by Crippen LogP contribution is -2.21. The SMILES string of the molecule is CCCCNN1CC1. The van der Waals surface area contributed by atoms with E-state index in [1.165, 1.54) is 25.9 Å². The summed E-state index contributed by atoms with van der Waals surface area (Å²) in [5.74, 6) is 0. The normalized spacial score (nSPS) is 19.1. The van der Waals surface area contributed by atoms with Crippen molar-refractivity contribution in [1.82, 2.24) is 10.4 Å². The van der Waals surface area contributed by atoms with Crippen LogP contribution in [0.2, 0.25) is 0 Å². The van der Waals surface area contributed by atoms with Crippen molar-refractivity contribution in [2.24, 2.45) is 0 Å². The van der Waals surface area contributed by atoms with Gasteiger partial charge in [0.25, 0.3) is 0 Å². The summed E-state index contributed by atoms with van der Waals surface area (Å²) < 4.78 is 0. The summed E-state index contributed by atoms with van der Waals surface area (Å²) >= 11 is 0. The first-order chi connectivity index (χ1) is 3.93. The van der Waals surface area contributed by atoms with Crippen LogP contribution >= 0.6 is 0 Å². The van der Waals surface area contributed by atoms with Crippen LogP contribution in [0.15, 0.2) is 0 Å². The lowest BCUT2D eigenvalue weighted by Gasteiger charge is -2.00. The average Bonchev–Trinajstić information content (AvgIpc) is 2.51. The van der Waals surface area contributed by atoms with Gasteiger partial charge in [-0.2, -0.15) is 0 Å². The molecule has 0 saturated carbocycles. The average molecular weight is 114 g/mol. The molecular weight excluding hydrogens is 100 g/mol. The van der Waals surface area contributed by atoms with Gasteiger partial charge >= 0.3 is 0 Å². The number of unbranched alkanes of at least 4 members (excludes halogenated alkanes) is 1. The molecule has 8 heavy (non-hydrogen) atoms. The number of nitrogens with one attached hydrogen (secondary N) is 1. The second-order valence-electron chi connectivity index (χ2n) is 2.25. The van der Waals surface area contributed by atoms with E-state index in [2.05, 4.69) is 17.4 Å². The zero-order chi connectivity index (χ0) is 5.82. The van der Waals surface area contributed by atoms with Crippen LogP contribution < -0.4 is 5.43 Å². The Hall–Kier alpha value is -0.0800. The molecule has 1 fully saturated rings. The summed E-state index contributed by atoms with van der Waals surface area (Å²) in [6.45, 7) is 5.88. The topological polar surface area (TPSA) is 15.0 Å². The van der Waals surface area contributed by atoms with Gasteiger partial charge in [-0.3, -0.25) is 5.43 Å². The van der Waals surface area contributed by atoms with Crippen LogP contribution in [0.1, 0.15) is 19.8 Å². The molecule has 0 atom stereocenters. The molecular formula is C6H14N2. The summed E-state index contributed by atoms with van der Waals surface area (Å²) in [5.41, 5.74) is 3.29. The van der Waals surface area contributed by atoms with E-state index in [9.17, 15) is 0 Å². The molecule has 1 N–H and O–H groups in total. The molecule has 0 radical (unpaired) electrons. The Morgan fingerprint density at radius 3 is 2.75 bits per heavy atom. The molecule has 1 aliphatic heterocycles. The first-order valence-electron chi connectivity index (χ1n) is 3.42. The highest BCUT2D eigenvalue weighted by molar-refractivity contribution is 4.66. The monoisotopic (exact) mass is 114 g/mol. The van der Waals surface area contributed by atoms with Gasteiger partial charge in [-0.1, -0.05) is 13.3 Å². The standard InChI is InChI=1S/C6H14N2/c1-2-3-4-7-8-5-6-8/h7H,2-6H2,1H3. The van der Waals surface area contributed by atoms with Crippen molar-refractivity contribution in [3.63, 3.8) is 0 Å². The van der Waals surface area contributed by atoms with Gasteiger partial charge in [-0.25, -0.2) is 5.01 Å². The van der Waals surface area contributed by atoms with Gasteiger partial charge in [-0.15, -0.1) is 0 Å². The molecule has 2 heteroatoms. The van der Waals surface area contributed by atoms with E-state index in [0.29, 0.717) is 0 Å². The molecule has 1 aliphatic rings. The number of hydrogen-bond acceptors (Lipinski definition) is 2. The van der Waals surface area contributed by atoms with Crippen LogP contribution in [-0.4, -0.2) is 24.6 Å². The zero-order valence-corrected chi connectivity index (χ0v) is 5.48. The van der Waals surface area contributed by atoms with Gasteiger partial charge in [-0.05, 0) is 6.42 Å². The minimum atomic E-state index is 1.16. The number of hydrazine groups is 1. The Labute approximate surface area is 50.8 Å². The van der Waals surface area contributed by atoms with Crippen molar-refractivity contribution in [2.75, 3.05) is 19.6 Å². The van der Waals surface area contributed by atoms with Gasteiger partial charge in [0.1, 0.15) is 0 Å². The van der Waals surface area contributed by atoms with Crippen LogP contribution in [0.3, 0.4) is 0 Å². The fraction of sp³-hybridized carbons (Fsp3) is 1.00. The highest BCUT2D eigenvalue weighted by atomic mass is 15.6. The van der Waals surface area contributed by atoms with Crippen molar-refractivity contribution in [1.29, 1.82) is 0 Å². The zero-order valence-electron chi connectivity index (χ0n) is 5.48. The van der Waals surface area contributed by atoms with Gasteiger partial charge in [0.2, 0.25) is 0 Å². The van der Waals surface area contributed by atoms with Gasteiger partial charge < -0.3 is 0 Å². The van der Waals surface area contributed by atoms with E-state index in [-0.39, 0.29) is 0 Å². The van der Waals surface area contributed by atoms with Crippen molar-refractivity contribution >= 4 is 0 Å². The summed E-state index contributed by atoms with van der Waals surface area (Å²) in [4.78, 5) is 0. The Morgan fingerprint density at radius 1 is 1.50 bits per heavy atom. The predicted octanol–water partition coefficient (Wildman–Crippen LogP) is 0.607. The highest BCUT2D eigenvalue weighted by Gasteiger charge is 2.14. The van der Waals surface area contributed by atoms with Gasteiger partial charge in [0.05, 0.1) is 0 Å². The molecule has 0 amide bonds. The van der Waals surface area contributed by atoms with Crippen molar-refractivity contribution < 1.29 is 0 Å². The second-order valence-corrected chi connectivity index (χ2v) is 2.25. The van der Waals surface area contributed by atoms with Crippen LogP contribution in [-0.2, 0) is 0 Å². The Balaban J connectivity index is 1.74. The lowest BCUT2D eigenvalue weighted by molar-refractivity contribution is 0.398. The molecule has 0 aromatic rings. The first kappa shape index (κ1) is 6.05. The summed E-state index contributed by atoms with van der Waals surface area (Å²) in [6, 6.07) is 0. The molecule has 0 aromatic heterocycles. The predicted molar refractivity (Wildman–Crippen MR) is 34.5 cm³/mol. The smallest absolute Gasteiger partial charge is 0.0273 e. The lowest BCUT2D eigenvalue weighted by atomic mass is 10.3. The quantitative estimate of drug-likeness (QED) is 0.425. The molecule has 48 valence electrons. The van der Waals surface area contributed by atoms with Crippen LogP contribution in [0.5, 0.6) is 0 Å². The largest absolute Gasteiger partial charge is 0.255 e. The Bertz CT molecular complexity index is 59.5. The fourth-order valence-corrected chi connectivity index (χ4v) is 0.622. The van der Waals surface area contributed by atoms with Gasteiger partial charge in [0.15, 0.2) is 0 Å². The van der Waals surface area contributed by atoms with Crippen LogP contribution in [0, 0.1) is 0 Å². The summed E-state index contributed by atoms with van der Waals surface area (Å²) in [5, 5.41) is 2.23. The third-order valence-corrected chi connectivity index (χ3v) is 1.31. The van der Waals surface area contributed by atoms with E-state index in [1.807, 2.05) is 0 Å². The maximum absolute atomic E-state index is 3.29. The maximum atomic E-state index is 3.29. The third kappa shape index (κ3) is 2.28. The Kier molecular flexibility index (Phi) is 2.30. The van der Waals surface area contributed by atoms with E-state index >= 15 is 0 Å². The molecule has 1 heterocycles. The molecule has 0 spiro atoms. The van der Waals surface area contributed by atoms with Crippen molar-refractivity contribution in [3.8, 4) is 0 Å². The van der Waals surface area contributed by atoms with E-state index in [1.54, 1.807) is 0 Å². The molecule has 1 saturated heterocycles. The minimum Gasteiger partial charge on any atom is -0.255 e. The summed E-state index contributed by atoms with van der Waals surface area (Å²) in [7, 11) is 0. The molecule has 0 bridgehead atoms. The summed E-state index contributed by atoms with van der Waals surface area (Å²) in [6.07, 6.45) is 2.59. The van der Waals surface area contributed by atoms with E-state index in [0.717, 1.165) is 6.54 Å². The molecule has 0 unspecified atom stereocenters. The third-order valence-electron chi connectivity index (χ3n) is 1.31.